The maximum Gasteiger partial charge on any atom is 0.354 e. The Morgan fingerprint density at radius 1 is 1.12 bits per heavy atom. The van der Waals surface area contributed by atoms with Crippen molar-refractivity contribution >= 4 is 52.7 Å². The quantitative estimate of drug-likeness (QED) is 0.317. The van der Waals surface area contributed by atoms with Crippen LogP contribution in [-0.4, -0.2) is 30.6 Å². The van der Waals surface area contributed by atoms with Crippen LogP contribution in [0.1, 0.15) is 13.8 Å². The Morgan fingerprint density at radius 3 is 2.29 bits per heavy atom. The van der Waals surface area contributed by atoms with E-state index in [9.17, 15) is 14.4 Å². The van der Waals surface area contributed by atoms with Gasteiger partial charge in [0.25, 0.3) is 0 Å². The van der Waals surface area contributed by atoms with Crippen molar-refractivity contribution in [2.75, 3.05) is 6.61 Å². The summed E-state index contributed by atoms with van der Waals surface area (Å²) in [7, 11) is 0. The predicted octanol–water partition coefficient (Wildman–Crippen LogP) is 3.60. The van der Waals surface area contributed by atoms with Crippen LogP contribution in [0.2, 0.25) is 15.1 Å². The van der Waals surface area contributed by atoms with E-state index in [2.05, 4.69) is 11.3 Å². The van der Waals surface area contributed by atoms with Gasteiger partial charge >= 0.3 is 17.9 Å². The minimum Gasteiger partial charge on any atom is -0.480 e. The molecule has 0 spiro atoms. The standard InChI is InChI=1S/C15H13Cl3O6/c1-7(2)14(20)23-8(3)15(21)24-13(19)6-22-12-5-10(17)9(16)4-11(12)18/h4-5,8H,1,6H2,2-3H3. The molecule has 9 heteroatoms. The van der Waals surface area contributed by atoms with Gasteiger partial charge in [0, 0.05) is 11.6 Å². The zero-order chi connectivity index (χ0) is 18.4. The molecule has 130 valence electrons. The fraction of sp³-hybridized carbons (Fsp3) is 0.267. The van der Waals surface area contributed by atoms with E-state index in [4.69, 9.17) is 44.3 Å². The van der Waals surface area contributed by atoms with Gasteiger partial charge in [0.2, 0.25) is 0 Å². The van der Waals surface area contributed by atoms with Crippen molar-refractivity contribution in [2.45, 2.75) is 20.0 Å². The van der Waals surface area contributed by atoms with Crippen LogP contribution < -0.4 is 4.74 Å². The number of esters is 3. The van der Waals surface area contributed by atoms with Gasteiger partial charge in [-0.15, -0.1) is 0 Å². The van der Waals surface area contributed by atoms with Crippen molar-refractivity contribution < 1.29 is 28.6 Å². The highest BCUT2D eigenvalue weighted by molar-refractivity contribution is 6.43. The van der Waals surface area contributed by atoms with Crippen LogP contribution in [-0.2, 0) is 23.9 Å². The molecule has 0 aliphatic carbocycles. The van der Waals surface area contributed by atoms with Gasteiger partial charge in [-0.25, -0.2) is 14.4 Å². The summed E-state index contributed by atoms with van der Waals surface area (Å²) >= 11 is 17.4. The number of hydrogen-bond acceptors (Lipinski definition) is 6. The van der Waals surface area contributed by atoms with Crippen molar-refractivity contribution in [3.05, 3.63) is 39.4 Å². The molecule has 24 heavy (non-hydrogen) atoms. The molecule has 0 aliphatic rings. The Hall–Kier alpha value is -1.76. The third-order valence-electron chi connectivity index (χ3n) is 2.50. The molecule has 0 radical (unpaired) electrons. The highest BCUT2D eigenvalue weighted by Gasteiger charge is 2.23. The normalized spacial score (nSPS) is 11.4. The van der Waals surface area contributed by atoms with Crippen LogP contribution in [0.3, 0.4) is 0 Å². The summed E-state index contributed by atoms with van der Waals surface area (Å²) in [6, 6.07) is 2.66. The summed E-state index contributed by atoms with van der Waals surface area (Å²) in [4.78, 5) is 34.5. The monoisotopic (exact) mass is 394 g/mol. The zero-order valence-electron chi connectivity index (χ0n) is 12.7. The molecular formula is C15H13Cl3O6. The summed E-state index contributed by atoms with van der Waals surface area (Å²) < 4.78 is 14.3. The summed E-state index contributed by atoms with van der Waals surface area (Å²) in [5, 5.41) is 0.535. The van der Waals surface area contributed by atoms with Gasteiger partial charge in [0.05, 0.1) is 15.1 Å². The van der Waals surface area contributed by atoms with E-state index >= 15 is 0 Å². The van der Waals surface area contributed by atoms with Gasteiger partial charge in [-0.3, -0.25) is 0 Å². The third-order valence-corrected chi connectivity index (χ3v) is 3.52. The Kier molecular flexibility index (Phi) is 7.54. The lowest BCUT2D eigenvalue weighted by molar-refractivity contribution is -0.172. The van der Waals surface area contributed by atoms with Gasteiger partial charge in [-0.2, -0.15) is 0 Å². The number of ether oxygens (including phenoxy) is 3. The number of benzene rings is 1. The third kappa shape index (κ3) is 6.03. The van der Waals surface area contributed by atoms with Crippen molar-refractivity contribution in [3.8, 4) is 5.75 Å². The molecule has 1 atom stereocenters. The summed E-state index contributed by atoms with van der Waals surface area (Å²) in [6.45, 7) is 5.43. The van der Waals surface area contributed by atoms with Crippen molar-refractivity contribution in [2.24, 2.45) is 0 Å². The van der Waals surface area contributed by atoms with Gasteiger partial charge in [-0.1, -0.05) is 41.4 Å². The summed E-state index contributed by atoms with van der Waals surface area (Å²) in [5.74, 6) is -2.72. The fourth-order valence-electron chi connectivity index (χ4n) is 1.29. The molecule has 1 rings (SSSR count). The first-order chi connectivity index (χ1) is 11.1. The number of halogens is 3. The van der Waals surface area contributed by atoms with Gasteiger partial charge in [-0.05, 0) is 19.9 Å². The van der Waals surface area contributed by atoms with E-state index in [0.717, 1.165) is 0 Å². The first-order valence-corrected chi connectivity index (χ1v) is 7.63. The Balaban J connectivity index is 2.54. The summed E-state index contributed by atoms with van der Waals surface area (Å²) in [5.41, 5.74) is 0.110. The van der Waals surface area contributed by atoms with E-state index in [0.29, 0.717) is 0 Å². The predicted molar refractivity (Wildman–Crippen MR) is 88.4 cm³/mol. The minimum absolute atomic E-state index is 0.0947. The number of carbonyl (C=O) groups excluding carboxylic acids is 3. The number of carbonyl (C=O) groups is 3. The molecule has 1 unspecified atom stereocenters. The smallest absolute Gasteiger partial charge is 0.354 e. The Labute approximate surface area is 153 Å². The topological polar surface area (TPSA) is 78.9 Å². The molecule has 0 aliphatic heterocycles. The molecule has 0 saturated carbocycles. The lowest BCUT2D eigenvalue weighted by Crippen LogP contribution is -2.30. The van der Waals surface area contributed by atoms with Gasteiger partial charge < -0.3 is 14.2 Å². The van der Waals surface area contributed by atoms with E-state index in [-0.39, 0.29) is 26.4 Å². The lowest BCUT2D eigenvalue weighted by Gasteiger charge is -2.12. The summed E-state index contributed by atoms with van der Waals surface area (Å²) in [6.07, 6.45) is -1.27. The van der Waals surface area contributed by atoms with Crippen molar-refractivity contribution in [3.63, 3.8) is 0 Å². The van der Waals surface area contributed by atoms with Crippen LogP contribution in [0.15, 0.2) is 24.3 Å². The Morgan fingerprint density at radius 2 is 1.71 bits per heavy atom. The molecule has 1 aromatic carbocycles. The second-order valence-corrected chi connectivity index (χ2v) is 5.83. The zero-order valence-corrected chi connectivity index (χ0v) is 15.0. The molecule has 0 heterocycles. The Bertz CT molecular complexity index is 686. The highest BCUT2D eigenvalue weighted by Crippen LogP contribution is 2.33. The van der Waals surface area contributed by atoms with Crippen LogP contribution in [0.5, 0.6) is 5.75 Å². The minimum atomic E-state index is -1.27. The van der Waals surface area contributed by atoms with E-state index < -0.39 is 30.6 Å². The second-order valence-electron chi connectivity index (χ2n) is 4.61. The average molecular weight is 396 g/mol. The molecule has 1 aromatic rings. The first-order valence-electron chi connectivity index (χ1n) is 6.50. The molecule has 0 saturated heterocycles. The highest BCUT2D eigenvalue weighted by atomic mass is 35.5. The number of hydrogen-bond donors (Lipinski definition) is 0. The average Bonchev–Trinajstić information content (AvgIpc) is 2.49. The largest absolute Gasteiger partial charge is 0.480 e. The molecule has 0 bridgehead atoms. The number of rotatable bonds is 6. The van der Waals surface area contributed by atoms with Gasteiger partial charge in [0.1, 0.15) is 5.75 Å². The first kappa shape index (κ1) is 20.3. The van der Waals surface area contributed by atoms with Crippen LogP contribution >= 0.6 is 34.8 Å². The van der Waals surface area contributed by atoms with Crippen LogP contribution in [0.4, 0.5) is 0 Å². The molecule has 6 nitrogen and oxygen atoms in total. The van der Waals surface area contributed by atoms with Crippen LogP contribution in [0, 0.1) is 0 Å². The second kappa shape index (κ2) is 8.92. The maximum atomic E-state index is 11.6. The SMILES string of the molecule is C=C(C)C(=O)OC(C)C(=O)OC(=O)COc1cc(Cl)c(Cl)cc1Cl. The maximum absolute atomic E-state index is 11.6. The lowest BCUT2D eigenvalue weighted by atomic mass is 10.3. The molecule has 0 fully saturated rings. The molecular weight excluding hydrogens is 383 g/mol. The van der Waals surface area contributed by atoms with Gasteiger partial charge in [0.15, 0.2) is 12.7 Å². The fourth-order valence-corrected chi connectivity index (χ4v) is 1.88. The molecule has 0 N–H and O–H groups in total. The van der Waals surface area contributed by atoms with E-state index in [1.165, 1.54) is 26.0 Å². The molecule has 0 amide bonds. The van der Waals surface area contributed by atoms with Crippen LogP contribution in [0.25, 0.3) is 0 Å². The van der Waals surface area contributed by atoms with Crippen molar-refractivity contribution in [1.82, 2.24) is 0 Å². The van der Waals surface area contributed by atoms with Crippen molar-refractivity contribution in [1.29, 1.82) is 0 Å². The van der Waals surface area contributed by atoms with E-state index in [1.54, 1.807) is 0 Å². The molecule has 0 aromatic heterocycles. The van der Waals surface area contributed by atoms with E-state index in [1.807, 2.05) is 0 Å².